The Bertz CT molecular complexity index is 532. The first-order valence-corrected chi connectivity index (χ1v) is 7.62. The van der Waals surface area contributed by atoms with E-state index in [1.165, 1.54) is 6.07 Å². The van der Waals surface area contributed by atoms with Gasteiger partial charge < -0.3 is 14.8 Å². The van der Waals surface area contributed by atoms with Gasteiger partial charge in [0.05, 0.1) is 6.10 Å². The van der Waals surface area contributed by atoms with Crippen LogP contribution in [0.2, 0.25) is 0 Å². The van der Waals surface area contributed by atoms with E-state index in [4.69, 9.17) is 14.6 Å². The summed E-state index contributed by atoms with van der Waals surface area (Å²) in [6.45, 7) is 3.74. The van der Waals surface area contributed by atoms with Gasteiger partial charge in [0, 0.05) is 13.1 Å². The lowest BCUT2D eigenvalue weighted by Gasteiger charge is -2.28. The zero-order valence-electron chi connectivity index (χ0n) is 10.7. The van der Waals surface area contributed by atoms with Gasteiger partial charge in [-0.3, -0.25) is 0 Å². The van der Waals surface area contributed by atoms with Crippen LogP contribution in [0.3, 0.4) is 0 Å². The van der Waals surface area contributed by atoms with Crippen LogP contribution in [0.15, 0.2) is 29.2 Å². The van der Waals surface area contributed by atoms with E-state index in [2.05, 4.69) is 5.32 Å². The van der Waals surface area contributed by atoms with Crippen molar-refractivity contribution >= 4 is 10.0 Å². The maximum Gasteiger partial charge on any atom is 0.241 e. The van der Waals surface area contributed by atoms with Crippen molar-refractivity contribution < 1.29 is 17.9 Å². The number of nitrogens with one attached hydrogen (secondary N) is 1. The van der Waals surface area contributed by atoms with E-state index in [1.54, 1.807) is 18.2 Å². The van der Waals surface area contributed by atoms with Gasteiger partial charge in [-0.2, -0.15) is 0 Å². The zero-order chi connectivity index (χ0) is 13.9. The largest absolute Gasteiger partial charge is 0.489 e. The van der Waals surface area contributed by atoms with Crippen molar-refractivity contribution in [3.63, 3.8) is 0 Å². The molecule has 1 aliphatic heterocycles. The second kappa shape index (κ2) is 5.87. The summed E-state index contributed by atoms with van der Waals surface area (Å²) in [6.07, 6.45) is 0.0214. The molecule has 1 saturated heterocycles. The number of para-hydroxylation sites is 1. The Morgan fingerprint density at radius 2 is 2.16 bits per heavy atom. The van der Waals surface area contributed by atoms with Crippen molar-refractivity contribution in [3.05, 3.63) is 24.3 Å². The molecule has 0 radical (unpaired) electrons. The van der Waals surface area contributed by atoms with Gasteiger partial charge >= 0.3 is 0 Å². The Hall–Kier alpha value is -1.15. The molecule has 1 aromatic carbocycles. The number of hydrogen-bond donors (Lipinski definition) is 2. The molecular formula is C12H18N2O4S. The quantitative estimate of drug-likeness (QED) is 0.818. The number of morpholine rings is 1. The molecule has 2 unspecified atom stereocenters. The molecule has 1 aromatic rings. The number of hydrogen-bond acceptors (Lipinski definition) is 5. The summed E-state index contributed by atoms with van der Waals surface area (Å²) in [7, 11) is -3.78. The number of primary sulfonamides is 1. The Labute approximate surface area is 112 Å². The van der Waals surface area contributed by atoms with E-state index < -0.39 is 10.0 Å². The highest BCUT2D eigenvalue weighted by molar-refractivity contribution is 7.89. The molecule has 19 heavy (non-hydrogen) atoms. The maximum atomic E-state index is 11.4. The fourth-order valence-electron chi connectivity index (χ4n) is 1.96. The minimum absolute atomic E-state index is 0.00758. The SMILES string of the molecule is CC1CNCC(COc2ccccc2S(N)(=O)=O)O1. The van der Waals surface area contributed by atoms with E-state index in [-0.39, 0.29) is 29.5 Å². The second-order valence-electron chi connectivity index (χ2n) is 4.53. The monoisotopic (exact) mass is 286 g/mol. The van der Waals surface area contributed by atoms with Crippen LogP contribution in [0.25, 0.3) is 0 Å². The predicted octanol–water partition coefficient (Wildman–Crippen LogP) is 0.0897. The fourth-order valence-corrected chi connectivity index (χ4v) is 2.63. The molecule has 0 aliphatic carbocycles. The Kier molecular flexibility index (Phi) is 4.41. The number of ether oxygens (including phenoxy) is 2. The lowest BCUT2D eigenvalue weighted by atomic mass is 10.2. The smallest absolute Gasteiger partial charge is 0.241 e. The Morgan fingerprint density at radius 1 is 1.42 bits per heavy atom. The molecule has 106 valence electrons. The van der Waals surface area contributed by atoms with Crippen LogP contribution in [-0.4, -0.2) is 40.3 Å². The Morgan fingerprint density at radius 3 is 2.84 bits per heavy atom. The van der Waals surface area contributed by atoms with Gasteiger partial charge in [0.15, 0.2) is 0 Å². The van der Waals surface area contributed by atoms with E-state index >= 15 is 0 Å². The molecular weight excluding hydrogens is 268 g/mol. The molecule has 0 spiro atoms. The molecule has 7 heteroatoms. The van der Waals surface area contributed by atoms with Crippen LogP contribution >= 0.6 is 0 Å². The van der Waals surface area contributed by atoms with Gasteiger partial charge in [0.1, 0.15) is 23.4 Å². The molecule has 2 rings (SSSR count). The van der Waals surface area contributed by atoms with E-state index in [9.17, 15) is 8.42 Å². The first-order chi connectivity index (χ1) is 8.97. The summed E-state index contributed by atoms with van der Waals surface area (Å²) in [4.78, 5) is -0.00758. The van der Waals surface area contributed by atoms with Crippen molar-refractivity contribution in [2.45, 2.75) is 24.0 Å². The minimum atomic E-state index is -3.78. The third-order valence-corrected chi connectivity index (χ3v) is 3.76. The first-order valence-electron chi connectivity index (χ1n) is 6.07. The average molecular weight is 286 g/mol. The minimum Gasteiger partial charge on any atom is -0.489 e. The zero-order valence-corrected chi connectivity index (χ0v) is 11.5. The first kappa shape index (κ1) is 14.3. The molecule has 2 atom stereocenters. The second-order valence-corrected chi connectivity index (χ2v) is 6.06. The Balaban J connectivity index is 2.04. The number of benzene rings is 1. The molecule has 6 nitrogen and oxygen atoms in total. The number of nitrogens with two attached hydrogens (primary N) is 1. The van der Waals surface area contributed by atoms with Crippen molar-refractivity contribution in [2.75, 3.05) is 19.7 Å². The lowest BCUT2D eigenvalue weighted by Crippen LogP contribution is -2.45. The van der Waals surface area contributed by atoms with Crippen LogP contribution < -0.4 is 15.2 Å². The van der Waals surface area contributed by atoms with Crippen LogP contribution in [0.5, 0.6) is 5.75 Å². The molecule has 0 aromatic heterocycles. The molecule has 1 heterocycles. The third kappa shape index (κ3) is 3.90. The van der Waals surface area contributed by atoms with Gasteiger partial charge in [0.25, 0.3) is 0 Å². The fraction of sp³-hybridized carbons (Fsp3) is 0.500. The maximum absolute atomic E-state index is 11.4. The van der Waals surface area contributed by atoms with Crippen LogP contribution in [-0.2, 0) is 14.8 Å². The van der Waals surface area contributed by atoms with Gasteiger partial charge in [-0.15, -0.1) is 0 Å². The molecule has 0 bridgehead atoms. The molecule has 0 saturated carbocycles. The highest BCUT2D eigenvalue weighted by Gasteiger charge is 2.21. The number of sulfonamides is 1. The van der Waals surface area contributed by atoms with Crippen LogP contribution in [0.1, 0.15) is 6.92 Å². The van der Waals surface area contributed by atoms with Crippen molar-refractivity contribution in [1.29, 1.82) is 0 Å². The molecule has 1 aliphatic rings. The van der Waals surface area contributed by atoms with Gasteiger partial charge in [-0.1, -0.05) is 12.1 Å². The normalized spacial score (nSPS) is 24.1. The summed E-state index contributed by atoms with van der Waals surface area (Å²) in [6, 6.07) is 6.31. The highest BCUT2D eigenvalue weighted by atomic mass is 32.2. The van der Waals surface area contributed by atoms with Crippen molar-refractivity contribution in [2.24, 2.45) is 5.14 Å². The van der Waals surface area contributed by atoms with Gasteiger partial charge in [-0.25, -0.2) is 13.6 Å². The van der Waals surface area contributed by atoms with Crippen LogP contribution in [0, 0.1) is 0 Å². The van der Waals surface area contributed by atoms with E-state index in [0.717, 1.165) is 6.54 Å². The summed E-state index contributed by atoms with van der Waals surface area (Å²) in [5.74, 6) is 0.256. The molecule has 1 fully saturated rings. The molecule has 3 N–H and O–H groups in total. The summed E-state index contributed by atoms with van der Waals surface area (Å²) in [5.41, 5.74) is 0. The lowest BCUT2D eigenvalue weighted by molar-refractivity contribution is -0.0474. The standard InChI is InChI=1S/C12H18N2O4S/c1-9-6-14-7-10(18-9)8-17-11-4-2-3-5-12(11)19(13,15)16/h2-5,9-10,14H,6-8H2,1H3,(H2,13,15,16). The van der Waals surface area contributed by atoms with E-state index in [0.29, 0.717) is 6.54 Å². The third-order valence-electron chi connectivity index (χ3n) is 2.81. The topological polar surface area (TPSA) is 90.6 Å². The molecule has 0 amide bonds. The predicted molar refractivity (Wildman–Crippen MR) is 70.5 cm³/mol. The van der Waals surface area contributed by atoms with Gasteiger partial charge in [-0.05, 0) is 19.1 Å². The summed E-state index contributed by atoms with van der Waals surface area (Å²) < 4.78 is 34.0. The van der Waals surface area contributed by atoms with Crippen molar-refractivity contribution in [3.8, 4) is 5.75 Å². The average Bonchev–Trinajstić information content (AvgIpc) is 2.36. The highest BCUT2D eigenvalue weighted by Crippen LogP contribution is 2.22. The van der Waals surface area contributed by atoms with E-state index in [1.807, 2.05) is 6.92 Å². The summed E-state index contributed by atoms with van der Waals surface area (Å²) in [5, 5.41) is 8.35. The number of rotatable bonds is 4. The summed E-state index contributed by atoms with van der Waals surface area (Å²) >= 11 is 0. The van der Waals surface area contributed by atoms with Crippen LogP contribution in [0.4, 0.5) is 0 Å². The van der Waals surface area contributed by atoms with Gasteiger partial charge in [0.2, 0.25) is 10.0 Å². The van der Waals surface area contributed by atoms with Crippen molar-refractivity contribution in [1.82, 2.24) is 5.32 Å².